The Morgan fingerprint density at radius 3 is 1.97 bits per heavy atom. The van der Waals surface area contributed by atoms with Crippen molar-refractivity contribution in [3.05, 3.63) is 83.9 Å². The first kappa shape index (κ1) is 22.5. The van der Waals surface area contributed by atoms with Gasteiger partial charge in [-0.25, -0.2) is 4.79 Å². The first-order valence-electron chi connectivity index (χ1n) is 10.0. The number of ether oxygens (including phenoxy) is 2. The van der Waals surface area contributed by atoms with Crippen molar-refractivity contribution in [2.45, 2.75) is 25.9 Å². The van der Waals surface area contributed by atoms with Gasteiger partial charge in [-0.15, -0.1) is 0 Å². The molecule has 7 nitrogen and oxygen atoms in total. The minimum absolute atomic E-state index is 0.493. The van der Waals surface area contributed by atoms with Crippen LogP contribution in [0.25, 0.3) is 0 Å². The van der Waals surface area contributed by atoms with Gasteiger partial charge in [0.2, 0.25) is 0 Å². The van der Waals surface area contributed by atoms with E-state index in [2.05, 4.69) is 16.3 Å². The summed E-state index contributed by atoms with van der Waals surface area (Å²) in [5, 5.41) is 26.3. The molecule has 0 spiro atoms. The molecule has 3 aromatic carbocycles. The third-order valence-electron chi connectivity index (χ3n) is 4.58. The molecule has 3 rings (SSSR count). The van der Waals surface area contributed by atoms with Crippen LogP contribution >= 0.6 is 0 Å². The predicted octanol–water partition coefficient (Wildman–Crippen LogP) is 5.84. The maximum atomic E-state index is 11.2. The highest BCUT2D eigenvalue weighted by atomic mass is 16.5. The van der Waals surface area contributed by atoms with Crippen LogP contribution in [-0.2, 0) is 11.2 Å². The molecule has 162 valence electrons. The molecular weight excluding hydrogens is 406 g/mol. The molecule has 0 radical (unpaired) electrons. The van der Waals surface area contributed by atoms with Gasteiger partial charge in [-0.05, 0) is 80.1 Å². The Morgan fingerprint density at radius 2 is 1.44 bits per heavy atom. The molecule has 0 aliphatic heterocycles. The van der Waals surface area contributed by atoms with E-state index in [-0.39, 0.29) is 0 Å². The second-order valence-electron chi connectivity index (χ2n) is 7.51. The molecule has 3 aromatic rings. The molecule has 0 fully saturated rings. The van der Waals surface area contributed by atoms with Crippen LogP contribution in [-0.4, -0.2) is 23.3 Å². The summed E-state index contributed by atoms with van der Waals surface area (Å²) in [5.74, 6) is 0.218. The van der Waals surface area contributed by atoms with Crippen molar-refractivity contribution < 1.29 is 19.4 Å². The number of carboxylic acid groups (broad SMARTS) is 1. The summed E-state index contributed by atoms with van der Waals surface area (Å²) in [6.07, 6.45) is 0.697. The Bertz CT molecular complexity index is 1110. The van der Waals surface area contributed by atoms with E-state index in [1.165, 1.54) is 13.8 Å². The van der Waals surface area contributed by atoms with E-state index in [0.29, 0.717) is 35.7 Å². The number of azo groups is 1. The Labute approximate surface area is 186 Å². The van der Waals surface area contributed by atoms with Crippen molar-refractivity contribution in [3.8, 4) is 17.6 Å². The van der Waals surface area contributed by atoms with E-state index >= 15 is 0 Å². The van der Waals surface area contributed by atoms with Gasteiger partial charge >= 0.3 is 5.97 Å². The predicted molar refractivity (Wildman–Crippen MR) is 120 cm³/mol. The van der Waals surface area contributed by atoms with Crippen molar-refractivity contribution in [3.63, 3.8) is 0 Å². The maximum absolute atomic E-state index is 11.2. The molecule has 0 heterocycles. The van der Waals surface area contributed by atoms with Crippen molar-refractivity contribution in [2.24, 2.45) is 10.2 Å². The van der Waals surface area contributed by atoms with Crippen molar-refractivity contribution >= 4 is 17.3 Å². The highest BCUT2D eigenvalue weighted by molar-refractivity contribution is 5.76. The lowest BCUT2D eigenvalue weighted by atomic mass is 10.1. The largest absolute Gasteiger partial charge is 0.493 e. The number of hydrogen-bond donors (Lipinski definition) is 1. The van der Waals surface area contributed by atoms with E-state index in [4.69, 9.17) is 19.8 Å². The number of nitrogens with zero attached hydrogens (tertiary/aromatic N) is 3. The van der Waals surface area contributed by atoms with Gasteiger partial charge in [-0.1, -0.05) is 12.1 Å². The molecule has 32 heavy (non-hydrogen) atoms. The number of benzene rings is 3. The van der Waals surface area contributed by atoms with E-state index in [0.717, 1.165) is 11.3 Å². The average Bonchev–Trinajstić information content (AvgIpc) is 2.80. The first-order chi connectivity index (χ1) is 15.4. The molecule has 0 unspecified atom stereocenters. The Hall–Kier alpha value is -4.18. The summed E-state index contributed by atoms with van der Waals surface area (Å²) < 4.78 is 11.3. The SMILES string of the molecule is CC(C)(Oc1ccc(CCOc2ccc(N=Nc3ccc(C#N)cc3)cc2)cc1)C(=O)O. The Morgan fingerprint density at radius 1 is 0.906 bits per heavy atom. The zero-order valence-corrected chi connectivity index (χ0v) is 17.9. The molecule has 0 aromatic heterocycles. The smallest absolute Gasteiger partial charge is 0.347 e. The van der Waals surface area contributed by atoms with Crippen molar-refractivity contribution in [2.75, 3.05) is 6.61 Å². The second-order valence-corrected chi connectivity index (χ2v) is 7.51. The van der Waals surface area contributed by atoms with Gasteiger partial charge in [-0.3, -0.25) is 0 Å². The van der Waals surface area contributed by atoms with Gasteiger partial charge in [0.1, 0.15) is 11.5 Å². The normalized spacial score (nSPS) is 11.2. The maximum Gasteiger partial charge on any atom is 0.347 e. The number of hydrogen-bond acceptors (Lipinski definition) is 6. The van der Waals surface area contributed by atoms with Crippen molar-refractivity contribution in [1.29, 1.82) is 5.26 Å². The quantitative estimate of drug-likeness (QED) is 0.430. The highest BCUT2D eigenvalue weighted by Gasteiger charge is 2.29. The number of carbonyl (C=O) groups is 1. The molecular formula is C25H23N3O4. The van der Waals surface area contributed by atoms with Crippen molar-refractivity contribution in [1.82, 2.24) is 0 Å². The highest BCUT2D eigenvalue weighted by Crippen LogP contribution is 2.22. The average molecular weight is 429 g/mol. The standard InChI is InChI=1S/C25H23N3O4/c1-25(2,24(29)30)32-23-11-5-18(6-12-23)15-16-31-22-13-9-21(10-14-22)28-27-20-7-3-19(17-26)4-8-20/h3-14H,15-16H2,1-2H3,(H,29,30). The van der Waals surface area contributed by atoms with Gasteiger partial charge < -0.3 is 14.6 Å². The minimum atomic E-state index is -1.28. The zero-order valence-electron chi connectivity index (χ0n) is 17.9. The molecule has 0 bridgehead atoms. The third kappa shape index (κ3) is 6.41. The lowest BCUT2D eigenvalue weighted by Crippen LogP contribution is -2.37. The summed E-state index contributed by atoms with van der Waals surface area (Å²) in [6, 6.07) is 23.5. The molecule has 1 N–H and O–H groups in total. The van der Waals surface area contributed by atoms with Gasteiger partial charge in [0.15, 0.2) is 5.60 Å². The fourth-order valence-electron chi connectivity index (χ4n) is 2.68. The first-order valence-corrected chi connectivity index (χ1v) is 10.0. The molecule has 0 amide bonds. The molecule has 0 aliphatic rings. The van der Waals surface area contributed by atoms with Crippen LogP contribution in [0.5, 0.6) is 11.5 Å². The van der Waals surface area contributed by atoms with Crippen LogP contribution in [0.2, 0.25) is 0 Å². The lowest BCUT2D eigenvalue weighted by molar-refractivity contribution is -0.152. The number of rotatable bonds is 9. The summed E-state index contributed by atoms with van der Waals surface area (Å²) in [5.41, 5.74) is 1.72. The fourth-order valence-corrected chi connectivity index (χ4v) is 2.68. The Balaban J connectivity index is 1.47. The van der Waals surface area contributed by atoms with Crippen LogP contribution in [0.4, 0.5) is 11.4 Å². The van der Waals surface area contributed by atoms with Crippen LogP contribution in [0.3, 0.4) is 0 Å². The molecule has 0 saturated carbocycles. The van der Waals surface area contributed by atoms with E-state index in [9.17, 15) is 4.79 Å². The molecule has 0 saturated heterocycles. The summed E-state index contributed by atoms with van der Waals surface area (Å²) in [6.45, 7) is 3.51. The summed E-state index contributed by atoms with van der Waals surface area (Å²) in [4.78, 5) is 11.2. The summed E-state index contributed by atoms with van der Waals surface area (Å²) in [7, 11) is 0. The Kier molecular flexibility index (Phi) is 7.19. The van der Waals surface area contributed by atoms with Gasteiger partial charge in [0.25, 0.3) is 0 Å². The number of nitriles is 1. The minimum Gasteiger partial charge on any atom is -0.493 e. The van der Waals surface area contributed by atoms with E-state index in [1.807, 2.05) is 36.4 Å². The van der Waals surface area contributed by atoms with Gasteiger partial charge in [0, 0.05) is 6.42 Å². The summed E-state index contributed by atoms with van der Waals surface area (Å²) >= 11 is 0. The fraction of sp³-hybridized carbons (Fsp3) is 0.200. The topological polar surface area (TPSA) is 104 Å². The van der Waals surface area contributed by atoms with E-state index in [1.54, 1.807) is 36.4 Å². The zero-order chi connectivity index (χ0) is 23.0. The second kappa shape index (κ2) is 10.2. The molecule has 0 atom stereocenters. The molecule has 0 aliphatic carbocycles. The van der Waals surface area contributed by atoms with Gasteiger partial charge in [-0.2, -0.15) is 15.5 Å². The monoisotopic (exact) mass is 429 g/mol. The van der Waals surface area contributed by atoms with Crippen LogP contribution in [0, 0.1) is 11.3 Å². The number of aliphatic carboxylic acids is 1. The van der Waals surface area contributed by atoms with Crippen LogP contribution < -0.4 is 9.47 Å². The van der Waals surface area contributed by atoms with Crippen LogP contribution in [0.1, 0.15) is 25.0 Å². The number of carboxylic acids is 1. The molecule has 7 heteroatoms. The van der Waals surface area contributed by atoms with Crippen LogP contribution in [0.15, 0.2) is 83.0 Å². The third-order valence-corrected chi connectivity index (χ3v) is 4.58. The van der Waals surface area contributed by atoms with E-state index < -0.39 is 11.6 Å². The van der Waals surface area contributed by atoms with Gasteiger partial charge in [0.05, 0.1) is 29.6 Å². The lowest BCUT2D eigenvalue weighted by Gasteiger charge is -2.21.